The minimum atomic E-state index is -0.514. The number of hydrogen-bond acceptors (Lipinski definition) is 5. The highest BCUT2D eigenvalue weighted by Crippen LogP contribution is 2.32. The third-order valence-electron chi connectivity index (χ3n) is 3.79. The Morgan fingerprint density at radius 1 is 0.889 bits per heavy atom. The van der Waals surface area contributed by atoms with E-state index in [1.54, 1.807) is 24.3 Å². The van der Waals surface area contributed by atoms with Gasteiger partial charge in [0, 0.05) is 13.1 Å². The summed E-state index contributed by atoms with van der Waals surface area (Å²) in [4.78, 5) is 29.0. The summed E-state index contributed by atoms with van der Waals surface area (Å²) in [7, 11) is 0. The fraction of sp³-hybridized carbons (Fsp3) is 0.619. The Bertz CT molecular complexity index is 619. The Labute approximate surface area is 163 Å². The van der Waals surface area contributed by atoms with Gasteiger partial charge in [0.25, 0.3) is 0 Å². The molecule has 0 aliphatic rings. The van der Waals surface area contributed by atoms with Crippen LogP contribution in [0.1, 0.15) is 65.2 Å². The summed E-state index contributed by atoms with van der Waals surface area (Å²) < 4.78 is 5.28. The molecule has 27 heavy (non-hydrogen) atoms. The highest BCUT2D eigenvalue weighted by Gasteiger charge is 2.30. The van der Waals surface area contributed by atoms with Gasteiger partial charge in [-0.3, -0.25) is 0 Å². The first-order valence-electron chi connectivity index (χ1n) is 9.26. The van der Waals surface area contributed by atoms with Gasteiger partial charge in [-0.2, -0.15) is 5.48 Å². The van der Waals surface area contributed by atoms with E-state index >= 15 is 0 Å². The number of nitrogens with one attached hydrogen (secondary N) is 2. The molecular formula is C21H34N2O4. The number of carbonyl (C=O) groups is 2. The highest BCUT2D eigenvalue weighted by molar-refractivity contribution is 5.89. The van der Waals surface area contributed by atoms with E-state index in [1.807, 2.05) is 26.8 Å². The van der Waals surface area contributed by atoms with Crippen LogP contribution in [0.2, 0.25) is 0 Å². The first-order valence-corrected chi connectivity index (χ1v) is 9.26. The molecule has 0 bridgehead atoms. The molecule has 1 aromatic rings. The Balaban J connectivity index is 2.43. The van der Waals surface area contributed by atoms with Gasteiger partial charge in [-0.1, -0.05) is 45.9 Å². The summed E-state index contributed by atoms with van der Waals surface area (Å²) in [5.41, 5.74) is 2.48. The Hall–Kier alpha value is -2.08. The van der Waals surface area contributed by atoms with Crippen molar-refractivity contribution in [2.24, 2.45) is 10.8 Å². The predicted molar refractivity (Wildman–Crippen MR) is 106 cm³/mol. The molecule has 0 atom stereocenters. The number of carbonyl (C=O) groups excluding carboxylic acids is 2. The molecule has 0 fully saturated rings. The first kappa shape index (κ1) is 23.0. The van der Waals surface area contributed by atoms with Crippen molar-refractivity contribution in [3.05, 3.63) is 35.9 Å². The van der Waals surface area contributed by atoms with Gasteiger partial charge in [0.15, 0.2) is 0 Å². The lowest BCUT2D eigenvalue weighted by Gasteiger charge is -2.35. The quantitative estimate of drug-likeness (QED) is 0.659. The van der Waals surface area contributed by atoms with E-state index in [4.69, 9.17) is 9.57 Å². The van der Waals surface area contributed by atoms with Gasteiger partial charge < -0.3 is 14.9 Å². The monoisotopic (exact) mass is 378 g/mol. The number of alkyl carbamates (subject to hydrolysis) is 1. The van der Waals surface area contributed by atoms with Crippen LogP contribution in [0.3, 0.4) is 0 Å². The average Bonchev–Trinajstić information content (AvgIpc) is 2.51. The number of ether oxygens (including phenoxy) is 1. The lowest BCUT2D eigenvalue weighted by molar-refractivity contribution is 0.0137. The second-order valence-corrected chi connectivity index (χ2v) is 9.44. The summed E-state index contributed by atoms with van der Waals surface area (Å²) in [5, 5.41) is 2.83. The zero-order valence-corrected chi connectivity index (χ0v) is 17.6. The van der Waals surface area contributed by atoms with Crippen molar-refractivity contribution in [1.82, 2.24) is 10.8 Å². The van der Waals surface area contributed by atoms with Crippen LogP contribution in [0.5, 0.6) is 0 Å². The van der Waals surface area contributed by atoms with Gasteiger partial charge in [0.2, 0.25) is 0 Å². The number of rotatable bonds is 8. The maximum Gasteiger partial charge on any atom is 0.407 e. The van der Waals surface area contributed by atoms with Gasteiger partial charge >= 0.3 is 12.1 Å². The summed E-state index contributed by atoms with van der Waals surface area (Å²) in [6, 6.07) is 8.85. The van der Waals surface area contributed by atoms with Crippen molar-refractivity contribution in [1.29, 1.82) is 0 Å². The molecule has 0 aromatic heterocycles. The van der Waals surface area contributed by atoms with Gasteiger partial charge in [-0.05, 0) is 50.2 Å². The average molecular weight is 379 g/mol. The van der Waals surface area contributed by atoms with Crippen LogP contribution in [-0.4, -0.2) is 30.8 Å². The molecule has 0 spiro atoms. The molecular weight excluding hydrogens is 344 g/mol. The molecule has 1 rings (SSSR count). The van der Waals surface area contributed by atoms with Crippen LogP contribution in [-0.2, 0) is 9.57 Å². The smallest absolute Gasteiger partial charge is 0.407 e. The standard InChI is InChI=1S/C21H34N2O4/c1-19(2,3)26-18(25)22-14-20(4,5)13-21(6,7)15-23-27-17(24)16-11-9-8-10-12-16/h8-12,23H,13-15H2,1-7H3,(H,22,25). The van der Waals surface area contributed by atoms with E-state index in [2.05, 4.69) is 38.5 Å². The molecule has 0 radical (unpaired) electrons. The molecule has 6 heteroatoms. The lowest BCUT2D eigenvalue weighted by atomic mass is 9.75. The van der Waals surface area contributed by atoms with Crippen LogP contribution in [0.25, 0.3) is 0 Å². The van der Waals surface area contributed by atoms with Crippen molar-refractivity contribution >= 4 is 12.1 Å². The molecule has 0 aliphatic carbocycles. The molecule has 152 valence electrons. The van der Waals surface area contributed by atoms with Crippen LogP contribution < -0.4 is 10.8 Å². The summed E-state index contributed by atoms with van der Waals surface area (Å²) in [5.74, 6) is -0.405. The van der Waals surface area contributed by atoms with Crippen molar-refractivity contribution in [2.75, 3.05) is 13.1 Å². The largest absolute Gasteiger partial charge is 0.444 e. The van der Waals surface area contributed by atoms with E-state index in [9.17, 15) is 9.59 Å². The Kier molecular flexibility index (Phi) is 7.84. The van der Waals surface area contributed by atoms with Crippen LogP contribution >= 0.6 is 0 Å². The second-order valence-electron chi connectivity index (χ2n) is 9.44. The van der Waals surface area contributed by atoms with Gasteiger partial charge in [0.1, 0.15) is 5.60 Å². The fourth-order valence-corrected chi connectivity index (χ4v) is 2.98. The maximum absolute atomic E-state index is 12.0. The van der Waals surface area contributed by atoms with E-state index in [1.165, 1.54) is 0 Å². The summed E-state index contributed by atoms with van der Waals surface area (Å²) >= 11 is 0. The van der Waals surface area contributed by atoms with Crippen LogP contribution in [0.4, 0.5) is 4.79 Å². The molecule has 0 saturated carbocycles. The maximum atomic E-state index is 12.0. The molecule has 0 unspecified atom stereocenters. The molecule has 0 heterocycles. The van der Waals surface area contributed by atoms with E-state index in [0.717, 1.165) is 6.42 Å². The minimum Gasteiger partial charge on any atom is -0.444 e. The number of hydrogen-bond donors (Lipinski definition) is 2. The van der Waals surface area contributed by atoms with E-state index < -0.39 is 17.7 Å². The predicted octanol–water partition coefficient (Wildman–Crippen LogP) is 4.32. The molecule has 1 aromatic carbocycles. The number of amides is 1. The van der Waals surface area contributed by atoms with Crippen LogP contribution in [0, 0.1) is 10.8 Å². The highest BCUT2D eigenvalue weighted by atomic mass is 16.7. The normalized spacial score (nSPS) is 12.4. The number of hydroxylamine groups is 1. The minimum absolute atomic E-state index is 0.143. The molecule has 0 aliphatic heterocycles. The zero-order chi connectivity index (χ0) is 20.7. The third kappa shape index (κ3) is 9.99. The van der Waals surface area contributed by atoms with Crippen LogP contribution in [0.15, 0.2) is 30.3 Å². The van der Waals surface area contributed by atoms with Gasteiger partial charge in [-0.25, -0.2) is 9.59 Å². The number of benzene rings is 1. The molecule has 2 N–H and O–H groups in total. The second kappa shape index (κ2) is 9.22. The molecule has 1 amide bonds. The lowest BCUT2D eigenvalue weighted by Crippen LogP contribution is -2.41. The van der Waals surface area contributed by atoms with Gasteiger partial charge in [-0.15, -0.1) is 0 Å². The van der Waals surface area contributed by atoms with Gasteiger partial charge in [0.05, 0.1) is 5.56 Å². The third-order valence-corrected chi connectivity index (χ3v) is 3.79. The van der Waals surface area contributed by atoms with E-state index in [0.29, 0.717) is 18.7 Å². The zero-order valence-electron chi connectivity index (χ0n) is 17.6. The van der Waals surface area contributed by atoms with Crippen molar-refractivity contribution in [3.63, 3.8) is 0 Å². The Morgan fingerprint density at radius 3 is 2.00 bits per heavy atom. The van der Waals surface area contributed by atoms with E-state index in [-0.39, 0.29) is 10.8 Å². The Morgan fingerprint density at radius 2 is 1.44 bits per heavy atom. The summed E-state index contributed by atoms with van der Waals surface area (Å²) in [6.45, 7) is 14.9. The topological polar surface area (TPSA) is 76.7 Å². The first-order chi connectivity index (χ1) is 12.3. The fourth-order valence-electron chi connectivity index (χ4n) is 2.98. The SMILES string of the molecule is CC(C)(CNOC(=O)c1ccccc1)CC(C)(C)CNC(=O)OC(C)(C)C. The summed E-state index contributed by atoms with van der Waals surface area (Å²) in [6.07, 6.45) is 0.398. The van der Waals surface area contributed by atoms with Crippen molar-refractivity contribution in [3.8, 4) is 0 Å². The molecule has 0 saturated heterocycles. The van der Waals surface area contributed by atoms with Crippen molar-refractivity contribution < 1.29 is 19.2 Å². The molecule has 6 nitrogen and oxygen atoms in total. The van der Waals surface area contributed by atoms with Crippen molar-refractivity contribution in [2.45, 2.75) is 60.5 Å².